The van der Waals surface area contributed by atoms with Crippen molar-refractivity contribution in [1.29, 1.82) is 0 Å². The van der Waals surface area contributed by atoms with Crippen molar-refractivity contribution in [3.63, 3.8) is 0 Å². The number of hydrogen-bond donors (Lipinski definition) is 2. The van der Waals surface area contributed by atoms with Crippen molar-refractivity contribution in [2.75, 3.05) is 30.9 Å². The molecule has 0 saturated heterocycles. The summed E-state index contributed by atoms with van der Waals surface area (Å²) in [6.07, 6.45) is 0. The third kappa shape index (κ3) is 4.54. The number of benzene rings is 2. The normalized spacial score (nSPS) is 10.4. The van der Waals surface area contributed by atoms with E-state index in [1.807, 2.05) is 26.0 Å². The molecule has 0 aliphatic carbocycles. The van der Waals surface area contributed by atoms with Crippen molar-refractivity contribution in [2.45, 2.75) is 13.8 Å². The van der Waals surface area contributed by atoms with Gasteiger partial charge in [0.05, 0.1) is 11.5 Å². The summed E-state index contributed by atoms with van der Waals surface area (Å²) >= 11 is 0. The molecular weight excluding hydrogens is 322 g/mol. The number of nitrogens with zero attached hydrogens (tertiary/aromatic N) is 1. The largest absolute Gasteiger partial charge is 0.383 e. The van der Waals surface area contributed by atoms with Gasteiger partial charge in [0.1, 0.15) is 5.69 Å². The molecule has 7 heteroatoms. The number of carbonyl (C=O) groups is 1. The zero-order chi connectivity index (χ0) is 18.4. The summed E-state index contributed by atoms with van der Waals surface area (Å²) in [5.74, 6) is -0.389. The second kappa shape index (κ2) is 8.25. The summed E-state index contributed by atoms with van der Waals surface area (Å²) < 4.78 is 4.92. The molecule has 0 heterocycles. The molecule has 0 aliphatic heterocycles. The van der Waals surface area contributed by atoms with Gasteiger partial charge in [0.25, 0.3) is 11.6 Å². The summed E-state index contributed by atoms with van der Waals surface area (Å²) in [5.41, 5.74) is 3.14. The van der Waals surface area contributed by atoms with E-state index < -0.39 is 4.92 Å². The highest BCUT2D eigenvalue weighted by molar-refractivity contribution is 6.05. The Hall–Kier alpha value is -2.93. The monoisotopic (exact) mass is 343 g/mol. The average molecular weight is 343 g/mol. The summed E-state index contributed by atoms with van der Waals surface area (Å²) in [7, 11) is 1.55. The molecule has 0 saturated carbocycles. The van der Waals surface area contributed by atoms with Gasteiger partial charge in [0.15, 0.2) is 0 Å². The van der Waals surface area contributed by atoms with Gasteiger partial charge in [0.2, 0.25) is 0 Å². The van der Waals surface area contributed by atoms with Crippen LogP contribution in [0.2, 0.25) is 0 Å². The van der Waals surface area contributed by atoms with E-state index in [0.29, 0.717) is 24.5 Å². The highest BCUT2D eigenvalue weighted by Crippen LogP contribution is 2.26. The maximum absolute atomic E-state index is 12.4. The predicted molar refractivity (Wildman–Crippen MR) is 97.3 cm³/mol. The van der Waals surface area contributed by atoms with E-state index in [0.717, 1.165) is 11.1 Å². The molecule has 0 aromatic heterocycles. The molecule has 0 unspecified atom stereocenters. The number of hydrogen-bond acceptors (Lipinski definition) is 5. The number of ether oxygens (including phenoxy) is 1. The van der Waals surface area contributed by atoms with Crippen LogP contribution in [0.5, 0.6) is 0 Å². The number of amides is 1. The topological polar surface area (TPSA) is 93.5 Å². The predicted octanol–water partition coefficient (Wildman–Crippen LogP) is 3.52. The first-order chi connectivity index (χ1) is 11.9. The molecule has 1 amide bonds. The van der Waals surface area contributed by atoms with Crippen molar-refractivity contribution in [3.05, 3.63) is 63.2 Å². The number of nitro groups is 1. The molecule has 0 fully saturated rings. The fourth-order valence-electron chi connectivity index (χ4n) is 2.34. The van der Waals surface area contributed by atoms with Crippen LogP contribution in [0.25, 0.3) is 0 Å². The van der Waals surface area contributed by atoms with Crippen molar-refractivity contribution in [2.24, 2.45) is 0 Å². The molecule has 0 aliphatic rings. The van der Waals surface area contributed by atoms with Crippen LogP contribution >= 0.6 is 0 Å². The van der Waals surface area contributed by atoms with Gasteiger partial charge in [-0.1, -0.05) is 12.1 Å². The van der Waals surface area contributed by atoms with E-state index in [9.17, 15) is 14.9 Å². The minimum absolute atomic E-state index is 0.148. The second-order valence-electron chi connectivity index (χ2n) is 5.61. The van der Waals surface area contributed by atoms with Crippen LogP contribution < -0.4 is 10.6 Å². The van der Waals surface area contributed by atoms with Crippen molar-refractivity contribution < 1.29 is 14.5 Å². The second-order valence-corrected chi connectivity index (χ2v) is 5.61. The Bertz CT molecular complexity index is 790. The molecule has 2 N–H and O–H groups in total. The molecule has 2 aromatic carbocycles. The van der Waals surface area contributed by atoms with Crippen molar-refractivity contribution in [1.82, 2.24) is 0 Å². The first kappa shape index (κ1) is 18.4. The van der Waals surface area contributed by atoms with E-state index in [1.54, 1.807) is 19.2 Å². The zero-order valence-electron chi connectivity index (χ0n) is 14.5. The summed E-state index contributed by atoms with van der Waals surface area (Å²) in [4.78, 5) is 23.2. The maximum atomic E-state index is 12.4. The molecule has 2 rings (SSSR count). The SMILES string of the molecule is COCCNc1ccc(C(=O)Nc2cccc(C)c2C)cc1[N+](=O)[O-]. The molecule has 132 valence electrons. The van der Waals surface area contributed by atoms with Gasteiger partial charge < -0.3 is 15.4 Å². The van der Waals surface area contributed by atoms with Gasteiger partial charge in [-0.15, -0.1) is 0 Å². The third-order valence-corrected chi connectivity index (χ3v) is 3.93. The fourth-order valence-corrected chi connectivity index (χ4v) is 2.34. The zero-order valence-corrected chi connectivity index (χ0v) is 14.5. The molecular formula is C18H21N3O4. The first-order valence-corrected chi connectivity index (χ1v) is 7.83. The van der Waals surface area contributed by atoms with Crippen molar-refractivity contribution >= 4 is 23.0 Å². The van der Waals surface area contributed by atoms with Crippen LogP contribution in [0.4, 0.5) is 17.1 Å². The number of methoxy groups -OCH3 is 1. The van der Waals surface area contributed by atoms with Crippen LogP contribution in [0, 0.1) is 24.0 Å². The lowest BCUT2D eigenvalue weighted by molar-refractivity contribution is -0.384. The Morgan fingerprint density at radius 1 is 1.20 bits per heavy atom. The van der Waals surface area contributed by atoms with Crippen LogP contribution in [-0.4, -0.2) is 31.1 Å². The number of nitrogens with one attached hydrogen (secondary N) is 2. The van der Waals surface area contributed by atoms with Crippen LogP contribution in [0.3, 0.4) is 0 Å². The lowest BCUT2D eigenvalue weighted by atomic mass is 10.1. The van der Waals surface area contributed by atoms with E-state index in [-0.39, 0.29) is 17.2 Å². The number of rotatable bonds is 7. The van der Waals surface area contributed by atoms with Gasteiger partial charge in [-0.2, -0.15) is 0 Å². The lowest BCUT2D eigenvalue weighted by Crippen LogP contribution is -2.14. The van der Waals surface area contributed by atoms with Crippen LogP contribution in [-0.2, 0) is 4.74 Å². The molecule has 0 radical (unpaired) electrons. The molecule has 0 atom stereocenters. The smallest absolute Gasteiger partial charge is 0.293 e. The quantitative estimate of drug-likeness (QED) is 0.456. The molecule has 0 bridgehead atoms. The highest BCUT2D eigenvalue weighted by Gasteiger charge is 2.18. The standard InChI is InChI=1S/C18H21N3O4/c1-12-5-4-6-15(13(12)2)20-18(22)14-7-8-16(19-9-10-25-3)17(11-14)21(23)24/h4-8,11,19H,9-10H2,1-3H3,(H,20,22). The Balaban J connectivity index is 2.23. The van der Waals surface area contributed by atoms with Crippen molar-refractivity contribution in [3.8, 4) is 0 Å². The van der Waals surface area contributed by atoms with Gasteiger partial charge in [0, 0.05) is 31.0 Å². The molecule has 7 nitrogen and oxygen atoms in total. The number of nitro benzene ring substituents is 1. The minimum atomic E-state index is -0.510. The third-order valence-electron chi connectivity index (χ3n) is 3.93. The van der Waals surface area contributed by atoms with Crippen LogP contribution in [0.15, 0.2) is 36.4 Å². The van der Waals surface area contributed by atoms with E-state index in [2.05, 4.69) is 10.6 Å². The Morgan fingerprint density at radius 3 is 2.64 bits per heavy atom. The fraction of sp³-hybridized carbons (Fsp3) is 0.278. The Kier molecular flexibility index (Phi) is 6.08. The number of aryl methyl sites for hydroxylation is 1. The Morgan fingerprint density at radius 2 is 1.96 bits per heavy atom. The Labute approximate surface area is 146 Å². The number of anilines is 2. The van der Waals surface area contributed by atoms with E-state index >= 15 is 0 Å². The minimum Gasteiger partial charge on any atom is -0.383 e. The van der Waals surface area contributed by atoms with Gasteiger partial charge >= 0.3 is 0 Å². The first-order valence-electron chi connectivity index (χ1n) is 7.83. The summed E-state index contributed by atoms with van der Waals surface area (Å²) in [5, 5.41) is 17.0. The molecule has 25 heavy (non-hydrogen) atoms. The average Bonchev–Trinajstić information content (AvgIpc) is 2.59. The highest BCUT2D eigenvalue weighted by atomic mass is 16.6. The molecule has 2 aromatic rings. The van der Waals surface area contributed by atoms with Gasteiger partial charge in [-0.05, 0) is 43.2 Å². The number of carbonyl (C=O) groups excluding carboxylic acids is 1. The molecule has 0 spiro atoms. The van der Waals surface area contributed by atoms with Gasteiger partial charge in [-0.3, -0.25) is 14.9 Å². The van der Waals surface area contributed by atoms with Gasteiger partial charge in [-0.25, -0.2) is 0 Å². The lowest BCUT2D eigenvalue weighted by Gasteiger charge is -2.11. The van der Waals surface area contributed by atoms with E-state index in [4.69, 9.17) is 4.74 Å². The maximum Gasteiger partial charge on any atom is 0.293 e. The van der Waals surface area contributed by atoms with Crippen LogP contribution in [0.1, 0.15) is 21.5 Å². The summed E-state index contributed by atoms with van der Waals surface area (Å²) in [6, 6.07) is 9.97. The summed E-state index contributed by atoms with van der Waals surface area (Å²) in [6.45, 7) is 4.73. The van der Waals surface area contributed by atoms with E-state index in [1.165, 1.54) is 12.1 Å².